The number of aryl methyl sites for hydroxylation is 1. The third-order valence-corrected chi connectivity index (χ3v) is 2.89. The molecule has 0 saturated heterocycles. The van der Waals surface area contributed by atoms with Crippen molar-refractivity contribution in [2.45, 2.75) is 11.9 Å². The van der Waals surface area contributed by atoms with Gasteiger partial charge in [-0.25, -0.2) is 0 Å². The number of H-pyrrole nitrogens is 1. The molecule has 7 heteroatoms. The molecule has 0 aliphatic carbocycles. The van der Waals surface area contributed by atoms with Gasteiger partial charge in [-0.1, -0.05) is 11.3 Å². The van der Waals surface area contributed by atoms with Gasteiger partial charge in [0.1, 0.15) is 0 Å². The predicted molar refractivity (Wildman–Crippen MR) is 39.5 cm³/mol. The number of hydrogen-bond donors (Lipinski definition) is 2. The molecule has 0 radical (unpaired) electrons. The van der Waals surface area contributed by atoms with E-state index in [9.17, 15) is 13.2 Å². The summed E-state index contributed by atoms with van der Waals surface area (Å²) in [6.07, 6.45) is 0. The second-order valence-electron chi connectivity index (χ2n) is 1.87. The molecule has 0 amide bonds. The Morgan fingerprint density at radius 3 is 2.27 bits per heavy atom. The maximum absolute atomic E-state index is 10.5. The molecule has 1 heterocycles. The molecule has 0 atom stereocenters. The van der Waals surface area contributed by atoms with Gasteiger partial charge in [0, 0.05) is 4.88 Å². The molecule has 0 aliphatic heterocycles. The van der Waals surface area contributed by atoms with Crippen molar-refractivity contribution < 1.29 is 13.0 Å². The lowest BCUT2D eigenvalue weighted by Gasteiger charge is -1.90. The number of nitrogens with one attached hydrogen (secondary N) is 1. The van der Waals surface area contributed by atoms with Crippen LogP contribution >= 0.6 is 11.3 Å². The van der Waals surface area contributed by atoms with Crippen LogP contribution in [0.25, 0.3) is 0 Å². The molecule has 1 aromatic rings. The lowest BCUT2D eigenvalue weighted by atomic mass is 10.6. The Labute approximate surface area is 66.4 Å². The largest absolute Gasteiger partial charge is 0.311 e. The Morgan fingerprint density at radius 1 is 1.55 bits per heavy atom. The molecule has 62 valence electrons. The number of rotatable bonds is 1. The third kappa shape index (κ3) is 1.67. The minimum atomic E-state index is -4.26. The zero-order valence-electron chi connectivity index (χ0n) is 5.49. The van der Waals surface area contributed by atoms with Gasteiger partial charge < -0.3 is 4.98 Å². The van der Waals surface area contributed by atoms with Crippen LogP contribution in [0.5, 0.6) is 0 Å². The van der Waals surface area contributed by atoms with Gasteiger partial charge in [-0.3, -0.25) is 9.35 Å². The Morgan fingerprint density at radius 2 is 2.09 bits per heavy atom. The summed E-state index contributed by atoms with van der Waals surface area (Å²) >= 11 is 0.746. The minimum Gasteiger partial charge on any atom is -0.301 e. The molecule has 1 aromatic heterocycles. The number of aromatic nitrogens is 1. The van der Waals surface area contributed by atoms with Gasteiger partial charge >= 0.3 is 15.0 Å². The first kappa shape index (κ1) is 8.44. The van der Waals surface area contributed by atoms with Crippen molar-refractivity contribution in [2.24, 2.45) is 0 Å². The summed E-state index contributed by atoms with van der Waals surface area (Å²) in [6.45, 7) is 1.44. The highest BCUT2D eigenvalue weighted by molar-refractivity contribution is 7.85. The van der Waals surface area contributed by atoms with Gasteiger partial charge in [-0.15, -0.1) is 0 Å². The van der Waals surface area contributed by atoms with Crippen molar-refractivity contribution in [3.63, 3.8) is 0 Å². The monoisotopic (exact) mass is 195 g/mol. The van der Waals surface area contributed by atoms with Gasteiger partial charge in [0.05, 0.1) is 0 Å². The molecule has 0 fully saturated rings. The molecule has 2 N–H and O–H groups in total. The highest BCUT2D eigenvalue weighted by Crippen LogP contribution is 2.12. The number of hydrogen-bond acceptors (Lipinski definition) is 4. The molecule has 0 unspecified atom stereocenters. The van der Waals surface area contributed by atoms with E-state index in [-0.39, 0.29) is 4.88 Å². The predicted octanol–water partition coefficient (Wildman–Crippen LogP) is -0.00848. The van der Waals surface area contributed by atoms with Crippen LogP contribution in [0.2, 0.25) is 0 Å². The van der Waals surface area contributed by atoms with Crippen molar-refractivity contribution in [2.75, 3.05) is 0 Å². The van der Waals surface area contributed by atoms with E-state index in [4.69, 9.17) is 4.55 Å². The summed E-state index contributed by atoms with van der Waals surface area (Å²) in [6, 6.07) is 0. The van der Waals surface area contributed by atoms with Gasteiger partial charge in [0.2, 0.25) is 0 Å². The van der Waals surface area contributed by atoms with Gasteiger partial charge in [0.15, 0.2) is 5.03 Å². The molecular weight excluding hydrogens is 190 g/mol. The maximum Gasteiger partial charge on any atom is 0.311 e. The van der Waals surface area contributed by atoms with E-state index in [1.165, 1.54) is 6.92 Å². The zero-order valence-corrected chi connectivity index (χ0v) is 7.12. The quantitative estimate of drug-likeness (QED) is 0.617. The lowest BCUT2D eigenvalue weighted by Crippen LogP contribution is -2.03. The number of thiazole rings is 1. The highest BCUT2D eigenvalue weighted by atomic mass is 32.2. The summed E-state index contributed by atoms with van der Waals surface area (Å²) < 4.78 is 29.4. The standard InChI is InChI=1S/C4H5NO4S2/c1-2-3(11(7,8)9)5-4(6)10-2/h1H3,(H,5,6)(H,7,8,9). The molecule has 0 aliphatic rings. The lowest BCUT2D eigenvalue weighted by molar-refractivity contribution is 0.479. The first-order chi connectivity index (χ1) is 4.91. The smallest absolute Gasteiger partial charge is 0.301 e. The Hall–Kier alpha value is -0.660. The summed E-state index contributed by atoms with van der Waals surface area (Å²) in [5, 5.41) is -0.410. The summed E-state index contributed by atoms with van der Waals surface area (Å²) in [7, 11) is -4.26. The SMILES string of the molecule is Cc1sc(=O)[nH]c1S(=O)(=O)O. The first-order valence-corrected chi connectivity index (χ1v) is 4.84. The topological polar surface area (TPSA) is 87.2 Å². The van der Waals surface area contributed by atoms with Crippen molar-refractivity contribution >= 4 is 21.5 Å². The Balaban J connectivity index is 3.48. The summed E-state index contributed by atoms with van der Waals surface area (Å²) in [5.41, 5.74) is 0. The molecule has 0 bridgehead atoms. The fraction of sp³-hybridized carbons (Fsp3) is 0.250. The molecule has 5 nitrogen and oxygen atoms in total. The average molecular weight is 195 g/mol. The van der Waals surface area contributed by atoms with Crippen LogP contribution in [-0.2, 0) is 10.1 Å². The van der Waals surface area contributed by atoms with E-state index in [0.717, 1.165) is 11.3 Å². The summed E-state index contributed by atoms with van der Waals surface area (Å²) in [4.78, 5) is 12.3. The molecule has 0 spiro atoms. The van der Waals surface area contributed by atoms with Crippen LogP contribution < -0.4 is 4.87 Å². The van der Waals surface area contributed by atoms with E-state index >= 15 is 0 Å². The van der Waals surface area contributed by atoms with Crippen LogP contribution in [0.1, 0.15) is 4.88 Å². The van der Waals surface area contributed by atoms with Crippen molar-refractivity contribution in [1.82, 2.24) is 4.98 Å². The first-order valence-electron chi connectivity index (χ1n) is 2.58. The highest BCUT2D eigenvalue weighted by Gasteiger charge is 2.15. The van der Waals surface area contributed by atoms with Crippen LogP contribution in [0.15, 0.2) is 9.82 Å². The summed E-state index contributed by atoms with van der Waals surface area (Å²) in [5.74, 6) is 0. The van der Waals surface area contributed by atoms with Crippen LogP contribution in [0.3, 0.4) is 0 Å². The van der Waals surface area contributed by atoms with Crippen LogP contribution in [-0.4, -0.2) is 18.0 Å². The van der Waals surface area contributed by atoms with E-state index in [1.807, 2.05) is 4.98 Å². The molecule has 11 heavy (non-hydrogen) atoms. The fourth-order valence-corrected chi connectivity index (χ4v) is 2.30. The normalized spacial score (nSPS) is 11.8. The van der Waals surface area contributed by atoms with E-state index in [1.54, 1.807) is 0 Å². The van der Waals surface area contributed by atoms with Gasteiger partial charge in [-0.2, -0.15) is 8.42 Å². The third-order valence-electron chi connectivity index (χ3n) is 1.04. The van der Waals surface area contributed by atoms with E-state index in [2.05, 4.69) is 0 Å². The Kier molecular flexibility index (Phi) is 1.87. The van der Waals surface area contributed by atoms with E-state index < -0.39 is 20.0 Å². The van der Waals surface area contributed by atoms with Crippen molar-refractivity contribution in [3.8, 4) is 0 Å². The molecule has 0 aromatic carbocycles. The molecule has 0 saturated carbocycles. The second-order valence-corrected chi connectivity index (χ2v) is 4.42. The van der Waals surface area contributed by atoms with E-state index in [0.29, 0.717) is 0 Å². The average Bonchev–Trinajstić information content (AvgIpc) is 2.08. The zero-order chi connectivity index (χ0) is 8.65. The van der Waals surface area contributed by atoms with Crippen LogP contribution in [0.4, 0.5) is 0 Å². The molecular formula is C4H5NO4S2. The molecule has 1 rings (SSSR count). The van der Waals surface area contributed by atoms with Gasteiger partial charge in [0.25, 0.3) is 0 Å². The minimum absolute atomic E-state index is 0.262. The van der Waals surface area contributed by atoms with Crippen LogP contribution in [0, 0.1) is 6.92 Å². The number of aromatic amines is 1. The van der Waals surface area contributed by atoms with Crippen molar-refractivity contribution in [3.05, 3.63) is 14.5 Å². The Bertz CT molecular complexity index is 412. The van der Waals surface area contributed by atoms with Crippen molar-refractivity contribution in [1.29, 1.82) is 0 Å². The fourth-order valence-electron chi connectivity index (χ4n) is 0.638. The van der Waals surface area contributed by atoms with Gasteiger partial charge in [-0.05, 0) is 6.92 Å². The second kappa shape index (κ2) is 2.43. The maximum atomic E-state index is 10.5.